The first kappa shape index (κ1) is 18.5. The Balaban J connectivity index is 1.41. The first-order valence-corrected chi connectivity index (χ1v) is 10.0. The molecule has 0 radical (unpaired) electrons. The second-order valence-corrected chi connectivity index (χ2v) is 7.63. The smallest absolute Gasteiger partial charge is 0.268 e. The number of amides is 1. The van der Waals surface area contributed by atoms with E-state index in [4.69, 9.17) is 9.47 Å². The molecule has 2 aliphatic heterocycles. The number of rotatable bonds is 3. The average Bonchev–Trinajstić information content (AvgIpc) is 3.45. The zero-order chi connectivity index (χ0) is 20.7. The van der Waals surface area contributed by atoms with E-state index in [0.717, 1.165) is 18.7 Å². The minimum atomic E-state index is -0.327. The number of carbonyl (C=O) groups excluding carboxylic acids is 1. The monoisotopic (exact) mass is 406 g/mol. The molecule has 0 spiro atoms. The molecule has 8 nitrogen and oxygen atoms in total. The number of aryl methyl sites for hydroxylation is 1. The molecule has 4 heterocycles. The predicted octanol–water partition coefficient (Wildman–Crippen LogP) is 2.62. The minimum absolute atomic E-state index is 0.166. The van der Waals surface area contributed by atoms with Crippen molar-refractivity contribution in [1.29, 1.82) is 0 Å². The van der Waals surface area contributed by atoms with Crippen LogP contribution in [0.3, 0.4) is 0 Å². The summed E-state index contributed by atoms with van der Waals surface area (Å²) < 4.78 is 12.2. The number of carbonyl (C=O) groups is 1. The van der Waals surface area contributed by atoms with Crippen LogP contribution in [0.1, 0.15) is 40.5 Å². The van der Waals surface area contributed by atoms with Gasteiger partial charge in [0.1, 0.15) is 11.4 Å². The number of pyridine rings is 1. The number of piperidine rings is 1. The first-order valence-electron chi connectivity index (χ1n) is 10.0. The molecule has 0 unspecified atom stereocenters. The molecule has 0 atom stereocenters. The molecular weight excluding hydrogens is 384 g/mol. The normalized spacial score (nSPS) is 16.1. The zero-order valence-electron chi connectivity index (χ0n) is 16.6. The average molecular weight is 406 g/mol. The lowest BCUT2D eigenvalue weighted by atomic mass is 9.95. The maximum Gasteiger partial charge on any atom is 0.268 e. The van der Waals surface area contributed by atoms with Crippen LogP contribution in [0.2, 0.25) is 0 Å². The van der Waals surface area contributed by atoms with Crippen molar-refractivity contribution < 1.29 is 14.3 Å². The molecule has 0 saturated carbocycles. The summed E-state index contributed by atoms with van der Waals surface area (Å²) in [5.41, 5.74) is 1.20. The van der Waals surface area contributed by atoms with Crippen molar-refractivity contribution in [2.24, 2.45) is 0 Å². The summed E-state index contributed by atoms with van der Waals surface area (Å²) in [7, 11) is 0. The predicted molar refractivity (Wildman–Crippen MR) is 109 cm³/mol. The summed E-state index contributed by atoms with van der Waals surface area (Å²) in [6.07, 6.45) is 6.90. The van der Waals surface area contributed by atoms with Gasteiger partial charge in [-0.3, -0.25) is 14.2 Å². The number of nitrogens with zero attached hydrogens (tertiary/aromatic N) is 3. The number of hydrogen-bond acceptors (Lipinski definition) is 5. The molecule has 1 amide bonds. The van der Waals surface area contributed by atoms with Crippen molar-refractivity contribution in [3.63, 3.8) is 0 Å². The highest BCUT2D eigenvalue weighted by Crippen LogP contribution is 2.33. The Labute approximate surface area is 173 Å². The third-order valence-corrected chi connectivity index (χ3v) is 5.84. The number of ether oxygens (including phenoxy) is 2. The van der Waals surface area contributed by atoms with Gasteiger partial charge in [0.15, 0.2) is 11.5 Å². The fourth-order valence-electron chi connectivity index (χ4n) is 4.14. The van der Waals surface area contributed by atoms with Gasteiger partial charge in [-0.05, 0) is 43.5 Å². The van der Waals surface area contributed by atoms with E-state index < -0.39 is 0 Å². The van der Waals surface area contributed by atoms with E-state index >= 15 is 0 Å². The summed E-state index contributed by atoms with van der Waals surface area (Å²) in [4.78, 5) is 35.8. The number of aromatic nitrogens is 3. The molecule has 5 rings (SSSR count). The lowest BCUT2D eigenvalue weighted by Gasteiger charge is -2.31. The Morgan fingerprint density at radius 2 is 1.97 bits per heavy atom. The molecule has 1 fully saturated rings. The molecule has 3 aromatic rings. The van der Waals surface area contributed by atoms with Crippen molar-refractivity contribution in [1.82, 2.24) is 19.4 Å². The number of imidazole rings is 1. The van der Waals surface area contributed by atoms with Gasteiger partial charge in [-0.2, -0.15) is 0 Å². The van der Waals surface area contributed by atoms with E-state index in [1.807, 2.05) is 6.20 Å². The number of nitrogens with one attached hydrogen (secondary N) is 1. The van der Waals surface area contributed by atoms with E-state index in [1.54, 1.807) is 48.5 Å². The number of aromatic amines is 1. The SMILES string of the molecule is Cc1ccn(-c2ccc3c(c2)OCO3)c(=O)c1C(=O)N1CCC(c2ncc[nH]2)CC1. The molecule has 1 N–H and O–H groups in total. The van der Waals surface area contributed by atoms with Gasteiger partial charge in [-0.1, -0.05) is 0 Å². The van der Waals surface area contributed by atoms with Gasteiger partial charge in [-0.25, -0.2) is 4.98 Å². The molecule has 2 aliphatic rings. The van der Waals surface area contributed by atoms with Crippen molar-refractivity contribution in [2.75, 3.05) is 19.9 Å². The molecule has 2 aromatic heterocycles. The Hall–Kier alpha value is -3.55. The van der Waals surface area contributed by atoms with Crippen LogP contribution in [0.25, 0.3) is 5.69 Å². The molecule has 0 bridgehead atoms. The van der Waals surface area contributed by atoms with Gasteiger partial charge in [0.05, 0.1) is 5.69 Å². The van der Waals surface area contributed by atoms with Crippen LogP contribution in [0.4, 0.5) is 0 Å². The van der Waals surface area contributed by atoms with Gasteiger partial charge < -0.3 is 19.4 Å². The Bertz CT molecular complexity index is 1140. The molecule has 0 aliphatic carbocycles. The zero-order valence-corrected chi connectivity index (χ0v) is 16.6. The van der Waals surface area contributed by atoms with Crippen molar-refractivity contribution in [3.8, 4) is 17.2 Å². The van der Waals surface area contributed by atoms with Crippen LogP contribution in [-0.2, 0) is 0 Å². The van der Waals surface area contributed by atoms with E-state index in [2.05, 4.69) is 9.97 Å². The van der Waals surface area contributed by atoms with Crippen LogP contribution in [-0.4, -0.2) is 45.2 Å². The minimum Gasteiger partial charge on any atom is -0.454 e. The van der Waals surface area contributed by atoms with Gasteiger partial charge >= 0.3 is 0 Å². The second kappa shape index (κ2) is 7.37. The lowest BCUT2D eigenvalue weighted by molar-refractivity contribution is 0.0708. The first-order chi connectivity index (χ1) is 14.6. The summed E-state index contributed by atoms with van der Waals surface area (Å²) in [6, 6.07) is 7.11. The highest BCUT2D eigenvalue weighted by Gasteiger charge is 2.28. The number of H-pyrrole nitrogens is 1. The molecular formula is C22H22N4O4. The highest BCUT2D eigenvalue weighted by atomic mass is 16.7. The van der Waals surface area contributed by atoms with Crippen LogP contribution < -0.4 is 15.0 Å². The van der Waals surface area contributed by atoms with E-state index in [-0.39, 0.29) is 23.8 Å². The number of hydrogen-bond donors (Lipinski definition) is 1. The maximum absolute atomic E-state index is 13.3. The fourth-order valence-corrected chi connectivity index (χ4v) is 4.14. The lowest BCUT2D eigenvalue weighted by Crippen LogP contribution is -2.41. The summed E-state index contributed by atoms with van der Waals surface area (Å²) in [5, 5.41) is 0. The summed E-state index contributed by atoms with van der Waals surface area (Å²) in [6.45, 7) is 3.16. The Kier molecular flexibility index (Phi) is 4.54. The molecule has 1 saturated heterocycles. The highest BCUT2D eigenvalue weighted by molar-refractivity contribution is 5.95. The largest absolute Gasteiger partial charge is 0.454 e. The van der Waals surface area contributed by atoms with Crippen molar-refractivity contribution in [2.45, 2.75) is 25.7 Å². The number of likely N-dealkylation sites (tertiary alicyclic amines) is 1. The van der Waals surface area contributed by atoms with Gasteiger partial charge in [0, 0.05) is 43.7 Å². The van der Waals surface area contributed by atoms with Crippen LogP contribution in [0.15, 0.2) is 47.7 Å². The second-order valence-electron chi connectivity index (χ2n) is 7.63. The maximum atomic E-state index is 13.3. The van der Waals surface area contributed by atoms with Crippen molar-refractivity contribution in [3.05, 3.63) is 70.2 Å². The quantitative estimate of drug-likeness (QED) is 0.722. The van der Waals surface area contributed by atoms with Crippen LogP contribution in [0, 0.1) is 6.92 Å². The molecule has 1 aromatic carbocycles. The summed E-state index contributed by atoms with van der Waals surface area (Å²) >= 11 is 0. The molecule has 8 heteroatoms. The van der Waals surface area contributed by atoms with Crippen molar-refractivity contribution >= 4 is 5.91 Å². The third-order valence-electron chi connectivity index (χ3n) is 5.84. The van der Waals surface area contributed by atoms with E-state index in [1.165, 1.54) is 4.57 Å². The Morgan fingerprint density at radius 1 is 1.17 bits per heavy atom. The summed E-state index contributed by atoms with van der Waals surface area (Å²) in [5.74, 6) is 2.29. The van der Waals surface area contributed by atoms with Gasteiger partial charge in [0.25, 0.3) is 11.5 Å². The van der Waals surface area contributed by atoms with E-state index in [0.29, 0.717) is 41.8 Å². The Morgan fingerprint density at radius 3 is 2.73 bits per heavy atom. The fraction of sp³-hybridized carbons (Fsp3) is 0.318. The van der Waals surface area contributed by atoms with Gasteiger partial charge in [-0.15, -0.1) is 0 Å². The topological polar surface area (TPSA) is 89.4 Å². The van der Waals surface area contributed by atoms with Crippen LogP contribution in [0.5, 0.6) is 11.5 Å². The van der Waals surface area contributed by atoms with Crippen LogP contribution >= 0.6 is 0 Å². The molecule has 30 heavy (non-hydrogen) atoms. The standard InChI is InChI=1S/C22H22N4O4/c1-14-4-11-26(16-2-3-17-18(12-16)30-13-29-17)22(28)19(14)21(27)25-9-5-15(6-10-25)20-23-7-8-24-20/h2-4,7-8,11-12,15H,5-6,9-10,13H2,1H3,(H,23,24). The number of fused-ring (bicyclic) bond motifs is 1. The number of benzene rings is 1. The van der Waals surface area contributed by atoms with Gasteiger partial charge in [0.2, 0.25) is 6.79 Å². The third kappa shape index (κ3) is 3.14. The molecule has 154 valence electrons. The van der Waals surface area contributed by atoms with E-state index in [9.17, 15) is 9.59 Å².